The van der Waals surface area contributed by atoms with E-state index in [1.54, 1.807) is 18.2 Å². The van der Waals surface area contributed by atoms with Crippen molar-refractivity contribution >= 4 is 21.7 Å². The van der Waals surface area contributed by atoms with Crippen molar-refractivity contribution in [3.8, 4) is 0 Å². The molecule has 7 nitrogen and oxygen atoms in total. The lowest BCUT2D eigenvalue weighted by molar-refractivity contribution is -0.122. The fraction of sp³-hybridized carbons (Fsp3) is 0.583. The molecule has 1 saturated carbocycles. The van der Waals surface area contributed by atoms with E-state index >= 15 is 0 Å². The number of carbonyl (C=O) groups excluding carboxylic acids is 1. The Morgan fingerprint density at radius 1 is 1.16 bits per heavy atom. The summed E-state index contributed by atoms with van der Waals surface area (Å²) < 4.78 is 29.8. The van der Waals surface area contributed by atoms with E-state index in [-0.39, 0.29) is 5.91 Å². The van der Waals surface area contributed by atoms with Crippen LogP contribution in [0.4, 0.5) is 5.82 Å². The highest BCUT2D eigenvalue weighted by atomic mass is 32.2. The molecule has 2 heterocycles. The second kappa shape index (κ2) is 9.25. The van der Waals surface area contributed by atoms with Crippen LogP contribution in [-0.2, 0) is 21.4 Å². The van der Waals surface area contributed by atoms with Gasteiger partial charge in [0, 0.05) is 24.9 Å². The first-order valence-corrected chi connectivity index (χ1v) is 13.1. The number of aromatic nitrogens is 2. The molecular weight excluding hydrogens is 424 g/mol. The normalized spacial score (nSPS) is 21.1. The number of hydrogen-bond acceptors (Lipinski definition) is 4. The molecule has 2 aromatic rings. The van der Waals surface area contributed by atoms with Gasteiger partial charge in [-0.05, 0) is 62.1 Å². The number of anilines is 1. The Balaban J connectivity index is 1.39. The molecule has 1 aliphatic carbocycles. The number of nitrogens with zero attached hydrogens (tertiary/aromatic N) is 3. The zero-order chi connectivity index (χ0) is 22.9. The standard InChI is InChI=1S/C24H34N4O3S/c1-17(2)13-23(29)25-16-19-7-9-20(10-8-19)22-15-24-27(26-22)11-12-28(24)32(30,31)21-6-4-5-18(3)14-21/h4-6,14-15,17,19-20H,7-13,16H2,1-3H3,(H,25,29). The van der Waals surface area contributed by atoms with E-state index in [1.165, 1.54) is 4.31 Å². The first-order valence-electron chi connectivity index (χ1n) is 11.7. The zero-order valence-corrected chi connectivity index (χ0v) is 20.1. The Bertz CT molecular complexity index is 1070. The lowest BCUT2D eigenvalue weighted by Gasteiger charge is -2.27. The smallest absolute Gasteiger partial charge is 0.265 e. The molecule has 1 aromatic carbocycles. The number of hydrogen-bond donors (Lipinski definition) is 1. The number of nitrogens with one attached hydrogen (secondary N) is 1. The van der Waals surface area contributed by atoms with E-state index < -0.39 is 10.0 Å². The van der Waals surface area contributed by atoms with Crippen LogP contribution in [0.5, 0.6) is 0 Å². The van der Waals surface area contributed by atoms with Gasteiger partial charge in [0.1, 0.15) is 5.82 Å². The van der Waals surface area contributed by atoms with Gasteiger partial charge in [-0.2, -0.15) is 5.10 Å². The van der Waals surface area contributed by atoms with Crippen molar-refractivity contribution in [2.24, 2.45) is 11.8 Å². The second-order valence-corrected chi connectivity index (χ2v) is 11.5. The summed E-state index contributed by atoms with van der Waals surface area (Å²) >= 11 is 0. The number of rotatable bonds is 7. The SMILES string of the molecule is Cc1cccc(S(=O)(=O)N2CCn3nc(C4CCC(CNC(=O)CC(C)C)CC4)cc32)c1. The molecule has 174 valence electrons. The van der Waals surface area contributed by atoms with Crippen LogP contribution >= 0.6 is 0 Å². The van der Waals surface area contributed by atoms with Crippen molar-refractivity contribution < 1.29 is 13.2 Å². The Morgan fingerprint density at radius 2 is 1.91 bits per heavy atom. The number of benzene rings is 1. The van der Waals surface area contributed by atoms with Crippen LogP contribution < -0.4 is 9.62 Å². The minimum atomic E-state index is -3.59. The van der Waals surface area contributed by atoms with E-state index in [9.17, 15) is 13.2 Å². The van der Waals surface area contributed by atoms with Crippen LogP contribution in [0.25, 0.3) is 0 Å². The van der Waals surface area contributed by atoms with Gasteiger partial charge < -0.3 is 5.32 Å². The van der Waals surface area contributed by atoms with Crippen molar-refractivity contribution in [3.63, 3.8) is 0 Å². The molecule has 1 N–H and O–H groups in total. The van der Waals surface area contributed by atoms with Crippen LogP contribution in [0.1, 0.15) is 63.1 Å². The average Bonchev–Trinajstić information content (AvgIpc) is 3.33. The molecule has 32 heavy (non-hydrogen) atoms. The van der Waals surface area contributed by atoms with Gasteiger partial charge in [0.2, 0.25) is 5.91 Å². The monoisotopic (exact) mass is 458 g/mol. The highest BCUT2D eigenvalue weighted by Crippen LogP contribution is 2.38. The summed E-state index contributed by atoms with van der Waals surface area (Å²) in [6.45, 7) is 7.76. The summed E-state index contributed by atoms with van der Waals surface area (Å²) in [5.41, 5.74) is 1.92. The molecule has 1 aliphatic heterocycles. The minimum absolute atomic E-state index is 0.141. The van der Waals surface area contributed by atoms with Gasteiger partial charge in [-0.3, -0.25) is 4.79 Å². The number of carbonyl (C=O) groups is 1. The Kier molecular flexibility index (Phi) is 6.60. The molecule has 4 rings (SSSR count). The van der Waals surface area contributed by atoms with Crippen molar-refractivity contribution in [1.29, 1.82) is 0 Å². The summed E-state index contributed by atoms with van der Waals surface area (Å²) in [6, 6.07) is 9.03. The van der Waals surface area contributed by atoms with Crippen LogP contribution in [-0.4, -0.2) is 37.2 Å². The van der Waals surface area contributed by atoms with E-state index in [1.807, 2.05) is 23.7 Å². The average molecular weight is 459 g/mol. The molecule has 0 atom stereocenters. The first kappa shape index (κ1) is 22.8. The topological polar surface area (TPSA) is 84.3 Å². The number of sulfonamides is 1. The maximum absolute atomic E-state index is 13.2. The van der Waals surface area contributed by atoms with Gasteiger partial charge in [0.15, 0.2) is 0 Å². The van der Waals surface area contributed by atoms with Gasteiger partial charge in [-0.15, -0.1) is 0 Å². The number of aryl methyl sites for hydroxylation is 1. The van der Waals surface area contributed by atoms with Crippen molar-refractivity contribution in [3.05, 3.63) is 41.6 Å². The molecule has 0 saturated heterocycles. The third kappa shape index (κ3) is 4.85. The van der Waals surface area contributed by atoms with E-state index in [0.717, 1.165) is 43.5 Å². The molecule has 0 radical (unpaired) electrons. The van der Waals surface area contributed by atoms with E-state index in [2.05, 4.69) is 19.2 Å². The highest BCUT2D eigenvalue weighted by molar-refractivity contribution is 7.92. The third-order valence-electron chi connectivity index (χ3n) is 6.57. The second-order valence-electron chi connectivity index (χ2n) is 9.66. The van der Waals surface area contributed by atoms with Crippen LogP contribution in [0.3, 0.4) is 0 Å². The van der Waals surface area contributed by atoms with Crippen LogP contribution in [0, 0.1) is 18.8 Å². The molecule has 8 heteroatoms. The number of amides is 1. The van der Waals surface area contributed by atoms with Gasteiger partial charge >= 0.3 is 0 Å². The molecule has 0 spiro atoms. The lowest BCUT2D eigenvalue weighted by atomic mass is 9.80. The molecule has 0 unspecified atom stereocenters. The maximum Gasteiger partial charge on any atom is 0.265 e. The van der Waals surface area contributed by atoms with E-state index in [4.69, 9.17) is 5.10 Å². The van der Waals surface area contributed by atoms with Gasteiger partial charge in [-0.1, -0.05) is 26.0 Å². The summed E-state index contributed by atoms with van der Waals surface area (Å²) in [7, 11) is -3.59. The largest absolute Gasteiger partial charge is 0.356 e. The van der Waals surface area contributed by atoms with Crippen molar-refractivity contribution in [1.82, 2.24) is 15.1 Å². The van der Waals surface area contributed by atoms with Crippen molar-refractivity contribution in [2.75, 3.05) is 17.4 Å². The third-order valence-corrected chi connectivity index (χ3v) is 8.37. The molecule has 1 amide bonds. The lowest BCUT2D eigenvalue weighted by Crippen LogP contribution is -2.31. The Morgan fingerprint density at radius 3 is 2.59 bits per heavy atom. The van der Waals surface area contributed by atoms with Crippen molar-refractivity contribution in [2.45, 2.75) is 70.2 Å². The fourth-order valence-electron chi connectivity index (χ4n) is 4.80. The zero-order valence-electron chi connectivity index (χ0n) is 19.3. The minimum Gasteiger partial charge on any atom is -0.356 e. The number of fused-ring (bicyclic) bond motifs is 1. The van der Waals surface area contributed by atoms with E-state index in [0.29, 0.717) is 48.0 Å². The Labute approximate surface area is 191 Å². The van der Waals surface area contributed by atoms with Gasteiger partial charge in [0.05, 0.1) is 23.7 Å². The quantitative estimate of drug-likeness (QED) is 0.683. The van der Waals surface area contributed by atoms with Gasteiger partial charge in [0.25, 0.3) is 10.0 Å². The summed E-state index contributed by atoms with van der Waals surface area (Å²) in [5.74, 6) is 2.05. The summed E-state index contributed by atoms with van der Waals surface area (Å²) in [6.07, 6.45) is 4.73. The Hall–Kier alpha value is -2.35. The van der Waals surface area contributed by atoms with Gasteiger partial charge in [-0.25, -0.2) is 17.4 Å². The van der Waals surface area contributed by atoms with Crippen LogP contribution in [0.2, 0.25) is 0 Å². The maximum atomic E-state index is 13.2. The predicted molar refractivity (Wildman–Crippen MR) is 125 cm³/mol. The molecule has 1 aromatic heterocycles. The first-order chi connectivity index (χ1) is 15.2. The highest BCUT2D eigenvalue weighted by Gasteiger charge is 2.34. The predicted octanol–water partition coefficient (Wildman–Crippen LogP) is 3.84. The summed E-state index contributed by atoms with van der Waals surface area (Å²) in [5, 5.41) is 7.84. The molecular formula is C24H34N4O3S. The molecule has 1 fully saturated rings. The molecule has 2 aliphatic rings. The fourth-order valence-corrected chi connectivity index (χ4v) is 6.36. The van der Waals surface area contributed by atoms with Crippen LogP contribution in [0.15, 0.2) is 35.2 Å². The molecule has 0 bridgehead atoms. The summed E-state index contributed by atoms with van der Waals surface area (Å²) in [4.78, 5) is 12.2.